The van der Waals surface area contributed by atoms with Crippen LogP contribution in [0.4, 0.5) is 4.39 Å². The van der Waals surface area contributed by atoms with Gasteiger partial charge in [-0.2, -0.15) is 0 Å². The number of nitrogens with one attached hydrogen (secondary N) is 1. The van der Waals surface area contributed by atoms with Crippen LogP contribution in [0.25, 0.3) is 6.08 Å². The van der Waals surface area contributed by atoms with Gasteiger partial charge in [-0.05, 0) is 75.5 Å². The highest BCUT2D eigenvalue weighted by Crippen LogP contribution is 2.16. The van der Waals surface area contributed by atoms with Gasteiger partial charge in [0.15, 0.2) is 0 Å². The molecule has 4 heteroatoms. The van der Waals surface area contributed by atoms with Crippen LogP contribution >= 0.6 is 11.9 Å². The molecule has 0 aliphatic rings. The SMILES string of the molecule is C=CCC(C/C=C/CCSNCCCCc1ccc(F)c(/C=C\CC(C)C)c1)C(C)=O.CC. The van der Waals surface area contributed by atoms with Crippen LogP contribution in [0.1, 0.15) is 84.3 Å². The van der Waals surface area contributed by atoms with Crippen LogP contribution in [-0.2, 0) is 11.2 Å². The number of unbranched alkanes of at least 4 members (excludes halogenated alkanes) is 1. The van der Waals surface area contributed by atoms with E-state index >= 15 is 0 Å². The first-order valence-corrected chi connectivity index (χ1v) is 13.5. The van der Waals surface area contributed by atoms with E-state index in [1.807, 2.05) is 38.1 Å². The Hall–Kier alpha value is -1.65. The lowest BCUT2D eigenvalue weighted by Gasteiger charge is -2.07. The lowest BCUT2D eigenvalue weighted by Crippen LogP contribution is -2.08. The van der Waals surface area contributed by atoms with Crippen LogP contribution in [0.3, 0.4) is 0 Å². The van der Waals surface area contributed by atoms with Crippen LogP contribution in [0.5, 0.6) is 0 Å². The Kier molecular flexibility index (Phi) is 19.9. The number of allylic oxidation sites excluding steroid dienone is 4. The number of hydrogen-bond donors (Lipinski definition) is 1. The maximum absolute atomic E-state index is 14.0. The number of ketones is 1. The molecule has 0 aromatic heterocycles. The molecule has 1 aromatic carbocycles. The summed E-state index contributed by atoms with van der Waals surface area (Å²) in [6, 6.07) is 5.46. The fraction of sp³-hybridized carbons (Fsp3) is 0.552. The third-order valence-electron chi connectivity index (χ3n) is 5.06. The van der Waals surface area contributed by atoms with Crippen LogP contribution < -0.4 is 4.72 Å². The van der Waals surface area contributed by atoms with Gasteiger partial charge in [-0.25, -0.2) is 4.39 Å². The molecule has 0 aliphatic carbocycles. The molecule has 0 spiro atoms. The van der Waals surface area contributed by atoms with Gasteiger partial charge >= 0.3 is 0 Å². The van der Waals surface area contributed by atoms with Gasteiger partial charge in [-0.1, -0.05) is 76.1 Å². The van der Waals surface area contributed by atoms with Crippen molar-refractivity contribution in [2.75, 3.05) is 12.3 Å². The Labute approximate surface area is 207 Å². The van der Waals surface area contributed by atoms with E-state index < -0.39 is 0 Å². The van der Waals surface area contributed by atoms with Crippen molar-refractivity contribution in [2.24, 2.45) is 11.8 Å². The predicted molar refractivity (Wildman–Crippen MR) is 147 cm³/mol. The Morgan fingerprint density at radius 1 is 1.12 bits per heavy atom. The van der Waals surface area contributed by atoms with Gasteiger partial charge in [0.1, 0.15) is 11.6 Å². The second-order valence-corrected chi connectivity index (χ2v) is 9.40. The van der Waals surface area contributed by atoms with E-state index in [4.69, 9.17) is 0 Å². The summed E-state index contributed by atoms with van der Waals surface area (Å²) < 4.78 is 17.4. The first-order chi connectivity index (χ1) is 15.9. The molecule has 0 aliphatic heterocycles. The maximum atomic E-state index is 14.0. The molecule has 0 saturated heterocycles. The normalized spacial score (nSPS) is 12.2. The zero-order valence-corrected chi connectivity index (χ0v) is 22.4. The maximum Gasteiger partial charge on any atom is 0.133 e. The Morgan fingerprint density at radius 2 is 1.88 bits per heavy atom. The fourth-order valence-electron chi connectivity index (χ4n) is 3.15. The predicted octanol–water partition coefficient (Wildman–Crippen LogP) is 8.59. The second-order valence-electron chi connectivity index (χ2n) is 8.42. The van der Waals surface area contributed by atoms with E-state index in [1.54, 1.807) is 24.9 Å². The molecule has 0 fully saturated rings. The van der Waals surface area contributed by atoms with Crippen LogP contribution in [0.15, 0.2) is 49.1 Å². The number of carbonyl (C=O) groups is 1. The summed E-state index contributed by atoms with van der Waals surface area (Å²) in [6.07, 6.45) is 16.8. The summed E-state index contributed by atoms with van der Waals surface area (Å²) in [5, 5.41) is 0. The number of carbonyl (C=O) groups excluding carboxylic acids is 1. The Balaban J connectivity index is 0.00000497. The molecule has 33 heavy (non-hydrogen) atoms. The van der Waals surface area contributed by atoms with E-state index in [0.29, 0.717) is 11.5 Å². The van der Waals surface area contributed by atoms with E-state index in [9.17, 15) is 9.18 Å². The Bertz CT molecular complexity index is 712. The monoisotopic (exact) mass is 475 g/mol. The van der Waals surface area contributed by atoms with Crippen molar-refractivity contribution in [1.82, 2.24) is 4.72 Å². The summed E-state index contributed by atoms with van der Waals surface area (Å²) in [6.45, 7) is 14.7. The molecule has 1 rings (SSSR count). The molecular weight excluding hydrogens is 429 g/mol. The molecule has 0 saturated carbocycles. The topological polar surface area (TPSA) is 29.1 Å². The summed E-state index contributed by atoms with van der Waals surface area (Å²) >= 11 is 1.75. The van der Waals surface area contributed by atoms with Crippen molar-refractivity contribution in [1.29, 1.82) is 0 Å². The molecule has 0 bridgehead atoms. The van der Waals surface area contributed by atoms with Crippen LogP contribution in [0.2, 0.25) is 0 Å². The molecule has 2 nitrogen and oxygen atoms in total. The first kappa shape index (κ1) is 31.4. The molecule has 1 N–H and O–H groups in total. The van der Waals surface area contributed by atoms with Crippen LogP contribution in [-0.4, -0.2) is 18.1 Å². The second kappa shape index (κ2) is 20.9. The van der Waals surface area contributed by atoms with Gasteiger partial charge < -0.3 is 0 Å². The zero-order chi connectivity index (χ0) is 24.9. The molecule has 0 radical (unpaired) electrons. The number of Topliss-reactive ketones (excluding diaryl/α,β-unsaturated/α-hetero) is 1. The third kappa shape index (κ3) is 16.6. The molecule has 1 unspecified atom stereocenters. The van der Waals surface area contributed by atoms with Gasteiger partial charge in [0.25, 0.3) is 0 Å². The molecule has 1 aromatic rings. The van der Waals surface area contributed by atoms with Crippen molar-refractivity contribution in [3.8, 4) is 0 Å². The third-order valence-corrected chi connectivity index (χ3v) is 5.91. The van der Waals surface area contributed by atoms with Crippen molar-refractivity contribution in [3.63, 3.8) is 0 Å². The van der Waals surface area contributed by atoms with Gasteiger partial charge in [-0.3, -0.25) is 9.52 Å². The fourth-order valence-corrected chi connectivity index (χ4v) is 3.84. The summed E-state index contributed by atoms with van der Waals surface area (Å²) in [7, 11) is 0. The summed E-state index contributed by atoms with van der Waals surface area (Å²) in [5.74, 6) is 1.78. The minimum Gasteiger partial charge on any atom is -0.300 e. The van der Waals surface area contributed by atoms with Gasteiger partial charge in [0.2, 0.25) is 0 Å². The lowest BCUT2D eigenvalue weighted by molar-refractivity contribution is -0.120. The highest BCUT2D eigenvalue weighted by atomic mass is 32.2. The molecule has 186 valence electrons. The minimum atomic E-state index is -0.145. The quantitative estimate of drug-likeness (QED) is 0.139. The number of halogens is 1. The van der Waals surface area contributed by atoms with E-state index in [1.165, 1.54) is 5.56 Å². The van der Waals surface area contributed by atoms with E-state index in [0.717, 1.165) is 57.2 Å². The summed E-state index contributed by atoms with van der Waals surface area (Å²) in [4.78, 5) is 11.5. The standard InChI is InChI=1S/C27H40FNOS.C2H6/c1-5-12-25(23(4)30)15-7-6-10-20-31-29-19-9-8-14-24-17-18-27(28)26(21-24)16-11-13-22(2)3;1-2/h5-7,11,16-18,21-22,25,29H,1,8-10,12-15,19-20H2,2-4H3;1-2H3/b7-6+,16-11-;. The van der Waals surface area contributed by atoms with Gasteiger partial charge in [-0.15, -0.1) is 6.58 Å². The van der Waals surface area contributed by atoms with Crippen molar-refractivity contribution >= 4 is 23.8 Å². The van der Waals surface area contributed by atoms with Crippen molar-refractivity contribution < 1.29 is 9.18 Å². The number of hydrogen-bond acceptors (Lipinski definition) is 3. The average Bonchev–Trinajstić information content (AvgIpc) is 2.79. The lowest BCUT2D eigenvalue weighted by atomic mass is 9.97. The van der Waals surface area contributed by atoms with Gasteiger partial charge in [0.05, 0.1) is 0 Å². The zero-order valence-electron chi connectivity index (χ0n) is 21.5. The number of benzene rings is 1. The number of rotatable bonds is 17. The van der Waals surface area contributed by atoms with E-state index in [2.05, 4.69) is 43.4 Å². The largest absolute Gasteiger partial charge is 0.300 e. The van der Waals surface area contributed by atoms with Gasteiger partial charge in [0, 0.05) is 23.8 Å². The highest BCUT2D eigenvalue weighted by molar-refractivity contribution is 7.97. The number of aryl methyl sites for hydroxylation is 1. The minimum absolute atomic E-state index is 0.0766. The average molecular weight is 476 g/mol. The van der Waals surface area contributed by atoms with E-state index in [-0.39, 0.29) is 17.5 Å². The molecular formula is C29H46FNOS. The van der Waals surface area contributed by atoms with Crippen molar-refractivity contribution in [2.45, 2.75) is 79.6 Å². The summed E-state index contributed by atoms with van der Waals surface area (Å²) in [5.41, 5.74) is 1.89. The smallest absolute Gasteiger partial charge is 0.133 e. The molecule has 0 heterocycles. The van der Waals surface area contributed by atoms with Crippen LogP contribution in [0, 0.1) is 17.7 Å². The molecule has 1 atom stereocenters. The molecule has 0 amide bonds. The van der Waals surface area contributed by atoms with Crippen molar-refractivity contribution in [3.05, 3.63) is 66.0 Å². The highest BCUT2D eigenvalue weighted by Gasteiger charge is 2.09. The Morgan fingerprint density at radius 3 is 2.55 bits per heavy atom. The first-order valence-electron chi connectivity index (χ1n) is 12.5.